The van der Waals surface area contributed by atoms with Crippen LogP contribution in [0.1, 0.15) is 0 Å². The Balaban J connectivity index is 2.18. The lowest BCUT2D eigenvalue weighted by atomic mass is 10.2. The van der Waals surface area contributed by atoms with Crippen LogP contribution >= 0.6 is 0 Å². The summed E-state index contributed by atoms with van der Waals surface area (Å²) in [6.45, 7) is 1.77. The molecule has 0 spiro atoms. The third-order valence-corrected chi connectivity index (χ3v) is 2.32. The van der Waals surface area contributed by atoms with Gasteiger partial charge in [-0.15, -0.1) is 0 Å². The maximum Gasteiger partial charge on any atom is 0.160 e. The van der Waals surface area contributed by atoms with Gasteiger partial charge < -0.3 is 16.0 Å². The molecule has 2 aromatic rings. The Kier molecular flexibility index (Phi) is 2.91. The molecule has 1 aromatic heterocycles. The van der Waals surface area contributed by atoms with E-state index in [9.17, 15) is 0 Å². The second-order valence-corrected chi connectivity index (χ2v) is 3.89. The van der Waals surface area contributed by atoms with Crippen LogP contribution in [-0.4, -0.2) is 42.4 Å². The number of nitrogens with one attached hydrogen (secondary N) is 1. The van der Waals surface area contributed by atoms with Gasteiger partial charge >= 0.3 is 0 Å². The molecule has 0 amide bonds. The normalized spacial score (nSPS) is 11.2. The zero-order valence-electron chi connectivity index (χ0n) is 9.40. The molecule has 0 saturated heterocycles. The van der Waals surface area contributed by atoms with Crippen molar-refractivity contribution in [2.75, 3.05) is 38.2 Å². The Morgan fingerprint density at radius 3 is 2.81 bits per heavy atom. The Labute approximate surface area is 93.4 Å². The minimum Gasteiger partial charge on any atom is -0.397 e. The van der Waals surface area contributed by atoms with Crippen LogP contribution in [0.3, 0.4) is 0 Å². The molecule has 1 aromatic carbocycles. The van der Waals surface area contributed by atoms with Gasteiger partial charge in [0.05, 0.1) is 11.4 Å². The van der Waals surface area contributed by atoms with E-state index in [4.69, 9.17) is 5.73 Å². The number of nitrogen functional groups attached to an aromatic ring is 1. The molecule has 0 aliphatic heterocycles. The fourth-order valence-corrected chi connectivity index (χ4v) is 1.44. The molecule has 3 N–H and O–H groups in total. The number of hydrogen-bond donors (Lipinski definition) is 2. The molecule has 86 valence electrons. The van der Waals surface area contributed by atoms with Crippen molar-refractivity contribution >= 4 is 22.4 Å². The first-order valence-electron chi connectivity index (χ1n) is 5.08. The average molecular weight is 221 g/mol. The summed E-state index contributed by atoms with van der Waals surface area (Å²) in [7, 11) is 4.05. The lowest BCUT2D eigenvalue weighted by Gasteiger charge is -2.11. The van der Waals surface area contributed by atoms with Gasteiger partial charge in [-0.05, 0) is 36.5 Å². The fraction of sp³-hybridized carbons (Fsp3) is 0.400. The Bertz CT molecular complexity index is 479. The fourth-order valence-electron chi connectivity index (χ4n) is 1.44. The van der Waals surface area contributed by atoms with E-state index in [1.54, 1.807) is 6.07 Å². The number of nitrogens with two attached hydrogens (primary N) is 1. The third-order valence-electron chi connectivity index (χ3n) is 2.32. The number of likely N-dealkylation sites (N-methyl/N-ethyl adjacent to an activating group) is 1. The molecule has 0 radical (unpaired) electrons. The zero-order chi connectivity index (χ0) is 11.5. The minimum atomic E-state index is 0.578. The van der Waals surface area contributed by atoms with E-state index in [0.29, 0.717) is 16.7 Å². The van der Waals surface area contributed by atoms with Gasteiger partial charge in [-0.2, -0.15) is 0 Å². The number of anilines is 2. The Morgan fingerprint density at radius 2 is 2.06 bits per heavy atom. The van der Waals surface area contributed by atoms with E-state index in [0.717, 1.165) is 18.8 Å². The first-order chi connectivity index (χ1) is 7.68. The van der Waals surface area contributed by atoms with Crippen LogP contribution in [0.15, 0.2) is 16.8 Å². The maximum absolute atomic E-state index is 5.75. The highest BCUT2D eigenvalue weighted by Crippen LogP contribution is 2.24. The lowest BCUT2D eigenvalue weighted by Crippen LogP contribution is -2.20. The number of rotatable bonds is 4. The van der Waals surface area contributed by atoms with E-state index in [2.05, 4.69) is 25.2 Å². The van der Waals surface area contributed by atoms with Gasteiger partial charge in [0.1, 0.15) is 0 Å². The molecule has 6 heteroatoms. The molecule has 0 atom stereocenters. The van der Waals surface area contributed by atoms with Gasteiger partial charge in [0.25, 0.3) is 0 Å². The van der Waals surface area contributed by atoms with Crippen LogP contribution in [-0.2, 0) is 0 Å². The average Bonchev–Trinajstić information content (AvgIpc) is 2.70. The molecule has 0 fully saturated rings. The summed E-state index contributed by atoms with van der Waals surface area (Å²) >= 11 is 0. The monoisotopic (exact) mass is 221 g/mol. The van der Waals surface area contributed by atoms with Gasteiger partial charge in [-0.25, -0.2) is 4.63 Å². The second kappa shape index (κ2) is 4.36. The summed E-state index contributed by atoms with van der Waals surface area (Å²) in [5, 5.41) is 10.9. The van der Waals surface area contributed by atoms with Crippen molar-refractivity contribution in [2.24, 2.45) is 0 Å². The quantitative estimate of drug-likeness (QED) is 0.742. The molecule has 6 nitrogen and oxygen atoms in total. The summed E-state index contributed by atoms with van der Waals surface area (Å²) in [4.78, 5) is 2.10. The van der Waals surface area contributed by atoms with Gasteiger partial charge in [0.15, 0.2) is 11.0 Å². The molecule has 0 aliphatic carbocycles. The first-order valence-corrected chi connectivity index (χ1v) is 5.08. The van der Waals surface area contributed by atoms with Crippen molar-refractivity contribution in [1.29, 1.82) is 0 Å². The van der Waals surface area contributed by atoms with Crippen LogP contribution in [0, 0.1) is 0 Å². The zero-order valence-corrected chi connectivity index (χ0v) is 9.40. The van der Waals surface area contributed by atoms with Crippen LogP contribution < -0.4 is 11.1 Å². The van der Waals surface area contributed by atoms with Crippen LogP contribution in [0.25, 0.3) is 11.0 Å². The number of benzene rings is 1. The smallest absolute Gasteiger partial charge is 0.160 e. The second-order valence-electron chi connectivity index (χ2n) is 3.89. The standard InChI is InChI=1S/C10H15N5O/c1-15(2)6-5-12-8-4-3-7(11)9-10(8)14-16-13-9/h3-4,12H,5-6,11H2,1-2H3. The molecule has 2 rings (SSSR count). The molecule has 16 heavy (non-hydrogen) atoms. The number of aromatic nitrogens is 2. The van der Waals surface area contributed by atoms with Crippen molar-refractivity contribution in [3.63, 3.8) is 0 Å². The van der Waals surface area contributed by atoms with E-state index in [1.807, 2.05) is 20.2 Å². The highest BCUT2D eigenvalue weighted by molar-refractivity contribution is 5.94. The van der Waals surface area contributed by atoms with Crippen molar-refractivity contribution in [1.82, 2.24) is 15.2 Å². The predicted octanol–water partition coefficient (Wildman–Crippen LogP) is 0.778. The maximum atomic E-state index is 5.75. The van der Waals surface area contributed by atoms with Crippen molar-refractivity contribution < 1.29 is 4.63 Å². The van der Waals surface area contributed by atoms with Gasteiger partial charge in [-0.3, -0.25) is 0 Å². The van der Waals surface area contributed by atoms with Crippen molar-refractivity contribution in [3.05, 3.63) is 12.1 Å². The topological polar surface area (TPSA) is 80.2 Å². The van der Waals surface area contributed by atoms with E-state index >= 15 is 0 Å². The van der Waals surface area contributed by atoms with Crippen LogP contribution in [0.5, 0.6) is 0 Å². The molecular formula is C10H15N5O. The molecule has 0 bridgehead atoms. The summed E-state index contributed by atoms with van der Waals surface area (Å²) in [5.74, 6) is 0. The van der Waals surface area contributed by atoms with Gasteiger partial charge in [0.2, 0.25) is 0 Å². The molecular weight excluding hydrogens is 206 g/mol. The van der Waals surface area contributed by atoms with Crippen LogP contribution in [0.4, 0.5) is 11.4 Å². The largest absolute Gasteiger partial charge is 0.397 e. The van der Waals surface area contributed by atoms with Gasteiger partial charge in [0, 0.05) is 13.1 Å². The minimum absolute atomic E-state index is 0.578. The van der Waals surface area contributed by atoms with E-state index < -0.39 is 0 Å². The number of hydrogen-bond acceptors (Lipinski definition) is 6. The number of fused-ring (bicyclic) bond motifs is 1. The first kappa shape index (κ1) is 10.7. The Morgan fingerprint density at radius 1 is 1.31 bits per heavy atom. The van der Waals surface area contributed by atoms with Crippen LogP contribution in [0.2, 0.25) is 0 Å². The third kappa shape index (κ3) is 2.06. The SMILES string of the molecule is CN(C)CCNc1ccc(N)c2nonc12. The Hall–Kier alpha value is -1.82. The van der Waals surface area contributed by atoms with E-state index in [1.165, 1.54) is 0 Å². The van der Waals surface area contributed by atoms with Crippen molar-refractivity contribution in [3.8, 4) is 0 Å². The number of nitrogens with zero attached hydrogens (tertiary/aromatic N) is 3. The van der Waals surface area contributed by atoms with E-state index in [-0.39, 0.29) is 0 Å². The predicted molar refractivity (Wildman–Crippen MR) is 63.3 cm³/mol. The summed E-state index contributed by atoms with van der Waals surface area (Å²) < 4.78 is 4.68. The molecule has 0 aliphatic rings. The van der Waals surface area contributed by atoms with Gasteiger partial charge in [-0.1, -0.05) is 0 Å². The lowest BCUT2D eigenvalue weighted by molar-refractivity contribution is 0.315. The molecule has 1 heterocycles. The highest BCUT2D eigenvalue weighted by Gasteiger charge is 2.09. The summed E-state index contributed by atoms with van der Waals surface area (Å²) in [6, 6.07) is 3.68. The highest BCUT2D eigenvalue weighted by atomic mass is 16.6. The summed E-state index contributed by atoms with van der Waals surface area (Å²) in [6.07, 6.45) is 0. The summed E-state index contributed by atoms with van der Waals surface area (Å²) in [5.41, 5.74) is 8.51. The van der Waals surface area contributed by atoms with Crippen molar-refractivity contribution in [2.45, 2.75) is 0 Å². The molecule has 0 saturated carbocycles. The molecule has 0 unspecified atom stereocenters.